The standard InChI is InChI=1S/C16H18N4O4/c1-24-12-4-2-3-11(8-12)20-9-10(7-15(20)22)17-16(23)13-5-6-14(21)19-18-13/h2-4,8,10H,5-7,9H2,1H3,(H,17,23)(H,19,21). The predicted octanol–water partition coefficient (Wildman–Crippen LogP) is 0.183. The SMILES string of the molecule is COc1cccc(N2CC(NC(=O)C3=NNC(=O)CC3)CC2=O)c1. The third-order valence-corrected chi connectivity index (χ3v) is 3.99. The van der Waals surface area contributed by atoms with Gasteiger partial charge in [0, 0.05) is 37.6 Å². The molecule has 2 aliphatic rings. The summed E-state index contributed by atoms with van der Waals surface area (Å²) in [5.74, 6) is 0.0552. The zero-order chi connectivity index (χ0) is 17.1. The quantitative estimate of drug-likeness (QED) is 0.822. The average Bonchev–Trinajstić information content (AvgIpc) is 2.95. The lowest BCUT2D eigenvalue weighted by atomic mass is 10.1. The van der Waals surface area contributed by atoms with E-state index in [9.17, 15) is 14.4 Å². The first-order valence-corrected chi connectivity index (χ1v) is 7.67. The lowest BCUT2D eigenvalue weighted by molar-refractivity contribution is -0.121. The third kappa shape index (κ3) is 3.37. The van der Waals surface area contributed by atoms with E-state index in [-0.39, 0.29) is 42.3 Å². The van der Waals surface area contributed by atoms with Gasteiger partial charge in [0.05, 0.1) is 13.2 Å². The summed E-state index contributed by atoms with van der Waals surface area (Å²) in [5, 5.41) is 6.57. The molecular weight excluding hydrogens is 312 g/mol. The Morgan fingerprint density at radius 1 is 1.38 bits per heavy atom. The molecule has 24 heavy (non-hydrogen) atoms. The van der Waals surface area contributed by atoms with Crippen LogP contribution in [-0.2, 0) is 14.4 Å². The van der Waals surface area contributed by atoms with Crippen molar-refractivity contribution < 1.29 is 19.1 Å². The number of carbonyl (C=O) groups excluding carboxylic acids is 3. The lowest BCUT2D eigenvalue weighted by Gasteiger charge is -2.18. The summed E-state index contributed by atoms with van der Waals surface area (Å²) in [6.45, 7) is 0.386. The normalized spacial score (nSPS) is 20.5. The molecule has 2 N–H and O–H groups in total. The van der Waals surface area contributed by atoms with Crippen LogP contribution in [0, 0.1) is 0 Å². The number of hydrogen-bond acceptors (Lipinski definition) is 5. The van der Waals surface area contributed by atoms with Crippen LogP contribution in [0.4, 0.5) is 5.69 Å². The number of hydrogen-bond donors (Lipinski definition) is 2. The van der Waals surface area contributed by atoms with Crippen molar-refractivity contribution >= 4 is 29.1 Å². The van der Waals surface area contributed by atoms with Gasteiger partial charge in [-0.2, -0.15) is 5.10 Å². The topological polar surface area (TPSA) is 100 Å². The number of nitrogens with zero attached hydrogens (tertiary/aromatic N) is 2. The molecule has 0 aromatic heterocycles. The molecular formula is C16H18N4O4. The minimum atomic E-state index is -0.347. The first-order valence-electron chi connectivity index (χ1n) is 7.67. The Balaban J connectivity index is 1.64. The van der Waals surface area contributed by atoms with Crippen LogP contribution < -0.4 is 20.4 Å². The number of methoxy groups -OCH3 is 1. The molecule has 8 heteroatoms. The maximum atomic E-state index is 12.2. The van der Waals surface area contributed by atoms with Crippen LogP contribution in [0.15, 0.2) is 29.4 Å². The fourth-order valence-electron chi connectivity index (χ4n) is 2.74. The molecule has 1 saturated heterocycles. The van der Waals surface area contributed by atoms with Crippen LogP contribution in [0.1, 0.15) is 19.3 Å². The van der Waals surface area contributed by atoms with E-state index in [1.807, 2.05) is 12.1 Å². The van der Waals surface area contributed by atoms with E-state index in [2.05, 4.69) is 15.8 Å². The molecule has 1 aromatic carbocycles. The van der Waals surface area contributed by atoms with Gasteiger partial charge in [0.25, 0.3) is 5.91 Å². The highest BCUT2D eigenvalue weighted by atomic mass is 16.5. The molecule has 2 aliphatic heterocycles. The molecule has 3 rings (SSSR count). The van der Waals surface area contributed by atoms with Crippen LogP contribution in [0.5, 0.6) is 5.75 Å². The molecule has 0 aliphatic carbocycles. The Bertz CT molecular complexity index is 716. The Labute approximate surface area is 138 Å². The summed E-state index contributed by atoms with van der Waals surface area (Å²) >= 11 is 0. The molecule has 1 aromatic rings. The van der Waals surface area contributed by atoms with E-state index in [0.717, 1.165) is 5.69 Å². The van der Waals surface area contributed by atoms with Gasteiger partial charge in [0.2, 0.25) is 11.8 Å². The molecule has 8 nitrogen and oxygen atoms in total. The Morgan fingerprint density at radius 2 is 2.21 bits per heavy atom. The molecule has 1 fully saturated rings. The van der Waals surface area contributed by atoms with Crippen molar-refractivity contribution in [1.29, 1.82) is 0 Å². The summed E-state index contributed by atoms with van der Waals surface area (Å²) in [4.78, 5) is 37.1. The van der Waals surface area contributed by atoms with Crippen LogP contribution in [0.3, 0.4) is 0 Å². The number of ether oxygens (including phenoxy) is 1. The zero-order valence-electron chi connectivity index (χ0n) is 13.2. The van der Waals surface area contributed by atoms with Crippen molar-refractivity contribution in [3.63, 3.8) is 0 Å². The molecule has 1 unspecified atom stereocenters. The maximum Gasteiger partial charge on any atom is 0.267 e. The molecule has 0 bridgehead atoms. The monoisotopic (exact) mass is 330 g/mol. The highest BCUT2D eigenvalue weighted by molar-refractivity contribution is 6.39. The Kier molecular flexibility index (Phi) is 4.45. The van der Waals surface area contributed by atoms with Crippen molar-refractivity contribution in [2.45, 2.75) is 25.3 Å². The first-order chi connectivity index (χ1) is 11.6. The van der Waals surface area contributed by atoms with Crippen molar-refractivity contribution in [2.75, 3.05) is 18.6 Å². The Morgan fingerprint density at radius 3 is 2.92 bits per heavy atom. The molecule has 3 amide bonds. The van der Waals surface area contributed by atoms with Gasteiger partial charge in [-0.15, -0.1) is 0 Å². The molecule has 0 saturated carbocycles. The number of anilines is 1. The smallest absolute Gasteiger partial charge is 0.267 e. The van der Waals surface area contributed by atoms with E-state index >= 15 is 0 Å². The first kappa shape index (κ1) is 16.0. The van der Waals surface area contributed by atoms with Crippen LogP contribution in [0.2, 0.25) is 0 Å². The number of benzene rings is 1. The second kappa shape index (κ2) is 6.69. The molecule has 1 atom stereocenters. The van der Waals surface area contributed by atoms with Gasteiger partial charge in [0.15, 0.2) is 0 Å². The highest BCUT2D eigenvalue weighted by Crippen LogP contribution is 2.25. The van der Waals surface area contributed by atoms with E-state index in [1.165, 1.54) is 0 Å². The maximum absolute atomic E-state index is 12.2. The molecule has 0 spiro atoms. The van der Waals surface area contributed by atoms with Crippen molar-refractivity contribution in [2.24, 2.45) is 5.10 Å². The summed E-state index contributed by atoms with van der Waals surface area (Å²) in [5.41, 5.74) is 3.31. The second-order valence-electron chi connectivity index (χ2n) is 5.67. The van der Waals surface area contributed by atoms with E-state index < -0.39 is 0 Å². The molecule has 0 radical (unpaired) electrons. The van der Waals surface area contributed by atoms with E-state index in [4.69, 9.17) is 4.74 Å². The van der Waals surface area contributed by atoms with E-state index in [0.29, 0.717) is 18.7 Å². The minimum absolute atomic E-state index is 0.0626. The fraction of sp³-hybridized carbons (Fsp3) is 0.375. The number of hydrazone groups is 1. The fourth-order valence-corrected chi connectivity index (χ4v) is 2.74. The largest absolute Gasteiger partial charge is 0.497 e. The van der Waals surface area contributed by atoms with Crippen LogP contribution in [0.25, 0.3) is 0 Å². The van der Waals surface area contributed by atoms with E-state index in [1.54, 1.807) is 24.1 Å². The Hall–Kier alpha value is -2.90. The molecule has 2 heterocycles. The van der Waals surface area contributed by atoms with Gasteiger partial charge in [-0.05, 0) is 12.1 Å². The van der Waals surface area contributed by atoms with Gasteiger partial charge in [-0.3, -0.25) is 14.4 Å². The van der Waals surface area contributed by atoms with Crippen molar-refractivity contribution in [3.8, 4) is 5.75 Å². The second-order valence-corrected chi connectivity index (χ2v) is 5.67. The van der Waals surface area contributed by atoms with Gasteiger partial charge in [-0.25, -0.2) is 5.43 Å². The van der Waals surface area contributed by atoms with Crippen LogP contribution in [-0.4, -0.2) is 43.1 Å². The van der Waals surface area contributed by atoms with Crippen molar-refractivity contribution in [3.05, 3.63) is 24.3 Å². The summed E-state index contributed by atoms with van der Waals surface area (Å²) < 4.78 is 5.17. The highest BCUT2D eigenvalue weighted by Gasteiger charge is 2.32. The predicted molar refractivity (Wildman–Crippen MR) is 86.7 cm³/mol. The van der Waals surface area contributed by atoms with Gasteiger partial charge >= 0.3 is 0 Å². The molecule has 126 valence electrons. The zero-order valence-corrected chi connectivity index (χ0v) is 13.2. The lowest BCUT2D eigenvalue weighted by Crippen LogP contribution is -2.43. The summed E-state index contributed by atoms with van der Waals surface area (Å²) in [6, 6.07) is 6.93. The number of carbonyl (C=O) groups is 3. The number of amides is 3. The number of nitrogens with one attached hydrogen (secondary N) is 2. The average molecular weight is 330 g/mol. The summed E-state index contributed by atoms with van der Waals surface area (Å²) in [6.07, 6.45) is 0.770. The number of rotatable bonds is 4. The summed E-state index contributed by atoms with van der Waals surface area (Å²) in [7, 11) is 1.57. The van der Waals surface area contributed by atoms with Gasteiger partial charge in [0.1, 0.15) is 11.5 Å². The van der Waals surface area contributed by atoms with Gasteiger partial charge in [-0.1, -0.05) is 6.07 Å². The van der Waals surface area contributed by atoms with Gasteiger partial charge < -0.3 is 15.0 Å². The van der Waals surface area contributed by atoms with Crippen molar-refractivity contribution in [1.82, 2.24) is 10.7 Å². The third-order valence-electron chi connectivity index (χ3n) is 3.99. The minimum Gasteiger partial charge on any atom is -0.497 e. The van der Waals surface area contributed by atoms with Crippen LogP contribution >= 0.6 is 0 Å².